The largest absolute Gasteiger partial charge is 0.387 e. The fraction of sp³-hybridized carbons (Fsp3) is 0.0909. The Hall–Kier alpha value is -3.60. The van der Waals surface area contributed by atoms with E-state index in [1.807, 2.05) is 65.2 Å². The maximum Gasteiger partial charge on any atom is 0.201 e. The van der Waals surface area contributed by atoms with Gasteiger partial charge in [-0.25, -0.2) is 9.98 Å². The first-order valence-corrected chi connectivity index (χ1v) is 8.86. The van der Waals surface area contributed by atoms with Gasteiger partial charge < -0.3 is 16.0 Å². The molecule has 27 heavy (non-hydrogen) atoms. The number of para-hydroxylation sites is 3. The van der Waals surface area contributed by atoms with E-state index in [1.165, 1.54) is 11.1 Å². The summed E-state index contributed by atoms with van der Waals surface area (Å²) in [7, 11) is 0. The highest BCUT2D eigenvalue weighted by Crippen LogP contribution is 2.24. The zero-order chi connectivity index (χ0) is 18.6. The molecule has 5 heteroatoms. The monoisotopic (exact) mass is 355 g/mol. The van der Waals surface area contributed by atoms with Crippen LogP contribution in [0.3, 0.4) is 0 Å². The molecule has 1 aliphatic rings. The van der Waals surface area contributed by atoms with Gasteiger partial charge in [-0.3, -0.25) is 0 Å². The molecule has 0 radical (unpaired) electrons. The molecule has 0 unspecified atom stereocenters. The molecule has 0 spiro atoms. The van der Waals surface area contributed by atoms with Gasteiger partial charge in [0.15, 0.2) is 0 Å². The molecule has 2 heterocycles. The fourth-order valence-corrected chi connectivity index (χ4v) is 3.19. The second-order valence-electron chi connectivity index (χ2n) is 6.44. The van der Waals surface area contributed by atoms with Crippen molar-refractivity contribution < 1.29 is 0 Å². The number of fused-ring (bicyclic) bond motifs is 2. The molecule has 5 rings (SSSR count). The normalized spacial score (nSPS) is 12.2. The van der Waals surface area contributed by atoms with Crippen molar-refractivity contribution in [2.24, 2.45) is 10.7 Å². The molecule has 0 aliphatic carbocycles. The molecule has 3 aromatic carbocycles. The lowest BCUT2D eigenvalue weighted by Gasteiger charge is -2.06. The van der Waals surface area contributed by atoms with Crippen LogP contribution in [0.1, 0.15) is 11.1 Å². The molecule has 0 saturated carbocycles. The van der Waals surface area contributed by atoms with E-state index in [4.69, 9.17) is 11.5 Å². The summed E-state index contributed by atoms with van der Waals surface area (Å²) >= 11 is 0. The molecular weight excluding hydrogens is 334 g/mol. The maximum atomic E-state index is 5.95. The van der Waals surface area contributed by atoms with Crippen molar-refractivity contribution in [2.45, 2.75) is 13.0 Å². The van der Waals surface area contributed by atoms with Crippen molar-refractivity contribution in [3.63, 3.8) is 0 Å². The van der Waals surface area contributed by atoms with Gasteiger partial charge in [-0.15, -0.1) is 0 Å². The lowest BCUT2D eigenvalue weighted by Crippen LogP contribution is -2.09. The Morgan fingerprint density at radius 1 is 0.815 bits per heavy atom. The van der Waals surface area contributed by atoms with Crippen LogP contribution in [0.5, 0.6) is 0 Å². The third-order valence-corrected chi connectivity index (χ3v) is 4.49. The van der Waals surface area contributed by atoms with Crippen molar-refractivity contribution in [1.29, 1.82) is 0 Å². The predicted molar refractivity (Wildman–Crippen MR) is 111 cm³/mol. The summed E-state index contributed by atoms with van der Waals surface area (Å²) in [4.78, 5) is 8.50. The highest BCUT2D eigenvalue weighted by Gasteiger charge is 2.09. The van der Waals surface area contributed by atoms with E-state index in [0.717, 1.165) is 35.5 Å². The van der Waals surface area contributed by atoms with Crippen LogP contribution in [0.15, 0.2) is 83.9 Å². The van der Waals surface area contributed by atoms with Crippen molar-refractivity contribution in [3.05, 3.63) is 90.0 Å². The van der Waals surface area contributed by atoms with Crippen molar-refractivity contribution >= 4 is 28.5 Å². The lowest BCUT2D eigenvalue weighted by molar-refractivity contribution is 0.838. The third kappa shape index (κ3) is 3.67. The number of imidazole rings is 1. The van der Waals surface area contributed by atoms with Crippen molar-refractivity contribution in [1.82, 2.24) is 9.55 Å². The molecule has 4 N–H and O–H groups in total. The SMILES string of the molecule is NC1=Nc2ccccc2C1.Nc1nc2ccccc2n1Cc1ccccc1. The Balaban J connectivity index is 0.000000153. The number of amidine groups is 1. The molecule has 0 saturated heterocycles. The molecular formula is C22H21N5. The summed E-state index contributed by atoms with van der Waals surface area (Å²) in [6.45, 7) is 0.757. The number of nitrogen functional groups attached to an aromatic ring is 1. The minimum absolute atomic E-state index is 0.565. The minimum atomic E-state index is 0.565. The number of aliphatic imine (C=N–C) groups is 1. The van der Waals surface area contributed by atoms with E-state index in [0.29, 0.717) is 5.95 Å². The smallest absolute Gasteiger partial charge is 0.201 e. The number of hydrogen-bond acceptors (Lipinski definition) is 4. The van der Waals surface area contributed by atoms with E-state index in [9.17, 15) is 0 Å². The molecule has 134 valence electrons. The lowest BCUT2D eigenvalue weighted by atomic mass is 10.1. The Kier molecular flexibility index (Phi) is 4.58. The number of benzene rings is 3. The second kappa shape index (κ2) is 7.33. The van der Waals surface area contributed by atoms with Gasteiger partial charge in [0.05, 0.1) is 23.3 Å². The average Bonchev–Trinajstić information content (AvgIpc) is 3.22. The first kappa shape index (κ1) is 16.8. The van der Waals surface area contributed by atoms with Crippen LogP contribution in [0, 0.1) is 0 Å². The van der Waals surface area contributed by atoms with Crippen LogP contribution in [-0.2, 0) is 13.0 Å². The van der Waals surface area contributed by atoms with Gasteiger partial charge in [0.1, 0.15) is 5.84 Å². The Morgan fingerprint density at radius 2 is 1.52 bits per heavy atom. The average molecular weight is 355 g/mol. The Morgan fingerprint density at radius 3 is 2.33 bits per heavy atom. The standard InChI is InChI=1S/C14H13N3.C8H8N2/c15-14-16-12-8-4-5-9-13(12)17(14)10-11-6-2-1-3-7-11;9-8-5-6-3-1-2-4-7(6)10-8/h1-9H,10H2,(H2,15,16);1-4H,5H2,(H2,9,10). The van der Waals surface area contributed by atoms with Gasteiger partial charge in [-0.1, -0.05) is 60.7 Å². The van der Waals surface area contributed by atoms with Crippen LogP contribution in [0.2, 0.25) is 0 Å². The molecule has 1 aliphatic heterocycles. The van der Waals surface area contributed by atoms with Gasteiger partial charge in [0.25, 0.3) is 0 Å². The molecule has 0 bridgehead atoms. The zero-order valence-corrected chi connectivity index (χ0v) is 14.9. The summed E-state index contributed by atoms with van der Waals surface area (Å²) < 4.78 is 2.03. The van der Waals surface area contributed by atoms with E-state index < -0.39 is 0 Å². The Bertz CT molecular complexity index is 1100. The summed E-state index contributed by atoms with van der Waals surface area (Å²) in [6, 6.07) is 26.3. The van der Waals surface area contributed by atoms with Crippen LogP contribution in [0.25, 0.3) is 11.0 Å². The number of hydrogen-bond donors (Lipinski definition) is 2. The number of nitrogens with two attached hydrogens (primary N) is 2. The summed E-state index contributed by atoms with van der Waals surface area (Å²) in [5.41, 5.74) is 17.0. The highest BCUT2D eigenvalue weighted by molar-refractivity contribution is 5.90. The van der Waals surface area contributed by atoms with Crippen LogP contribution < -0.4 is 11.5 Å². The van der Waals surface area contributed by atoms with Gasteiger partial charge in [-0.05, 0) is 29.3 Å². The van der Waals surface area contributed by atoms with Crippen molar-refractivity contribution in [2.75, 3.05) is 5.73 Å². The van der Waals surface area contributed by atoms with E-state index in [2.05, 4.69) is 28.2 Å². The van der Waals surface area contributed by atoms with Gasteiger partial charge >= 0.3 is 0 Å². The molecule has 0 atom stereocenters. The van der Waals surface area contributed by atoms with Gasteiger partial charge in [0.2, 0.25) is 5.95 Å². The fourth-order valence-electron chi connectivity index (χ4n) is 3.19. The first-order valence-electron chi connectivity index (χ1n) is 8.86. The highest BCUT2D eigenvalue weighted by atomic mass is 15.1. The van der Waals surface area contributed by atoms with E-state index in [-0.39, 0.29) is 0 Å². The Labute approximate surface area is 158 Å². The van der Waals surface area contributed by atoms with E-state index in [1.54, 1.807) is 0 Å². The minimum Gasteiger partial charge on any atom is -0.387 e. The maximum absolute atomic E-state index is 5.95. The molecule has 5 nitrogen and oxygen atoms in total. The molecule has 4 aromatic rings. The molecule has 0 fully saturated rings. The number of aromatic nitrogens is 2. The van der Waals surface area contributed by atoms with Gasteiger partial charge in [-0.2, -0.15) is 0 Å². The number of rotatable bonds is 2. The zero-order valence-electron chi connectivity index (χ0n) is 14.9. The van der Waals surface area contributed by atoms with Crippen LogP contribution in [-0.4, -0.2) is 15.4 Å². The summed E-state index contributed by atoms with van der Waals surface area (Å²) in [6.07, 6.45) is 0.816. The topological polar surface area (TPSA) is 82.2 Å². The number of anilines is 1. The second-order valence-corrected chi connectivity index (χ2v) is 6.44. The molecule has 1 aromatic heterocycles. The quantitative estimate of drug-likeness (QED) is 0.572. The van der Waals surface area contributed by atoms with Crippen LogP contribution in [0.4, 0.5) is 11.6 Å². The summed E-state index contributed by atoms with van der Waals surface area (Å²) in [5, 5.41) is 0. The van der Waals surface area contributed by atoms with Crippen LogP contribution >= 0.6 is 0 Å². The molecule has 0 amide bonds. The summed E-state index contributed by atoms with van der Waals surface area (Å²) in [5.74, 6) is 1.29. The van der Waals surface area contributed by atoms with E-state index >= 15 is 0 Å². The predicted octanol–water partition coefficient (Wildman–Crippen LogP) is 3.90. The third-order valence-electron chi connectivity index (χ3n) is 4.49. The number of nitrogens with zero attached hydrogens (tertiary/aromatic N) is 3. The van der Waals surface area contributed by atoms with Gasteiger partial charge in [0, 0.05) is 6.42 Å². The van der Waals surface area contributed by atoms with Crippen molar-refractivity contribution in [3.8, 4) is 0 Å². The first-order chi connectivity index (χ1) is 13.2.